The quantitative estimate of drug-likeness (QED) is 0.724. The van der Waals surface area contributed by atoms with Gasteiger partial charge in [0.1, 0.15) is 0 Å². The normalized spacial score (nSPS) is 17.3. The molecule has 1 aromatic carbocycles. The highest BCUT2D eigenvalue weighted by Crippen LogP contribution is 2.30. The SMILES string of the molecule is NCC1(NC(=O)Nc2ccccc2)CCC1. The summed E-state index contributed by atoms with van der Waals surface area (Å²) in [6.45, 7) is 0.509. The van der Waals surface area contributed by atoms with Crippen molar-refractivity contribution in [3.8, 4) is 0 Å². The van der Waals surface area contributed by atoms with Gasteiger partial charge < -0.3 is 16.4 Å². The number of hydrogen-bond donors (Lipinski definition) is 3. The van der Waals surface area contributed by atoms with Crippen LogP contribution in [0.1, 0.15) is 19.3 Å². The molecule has 0 heterocycles. The molecule has 4 N–H and O–H groups in total. The van der Waals surface area contributed by atoms with Gasteiger partial charge in [-0.1, -0.05) is 18.2 Å². The lowest BCUT2D eigenvalue weighted by Gasteiger charge is -2.41. The van der Waals surface area contributed by atoms with Gasteiger partial charge in [0.25, 0.3) is 0 Å². The molecule has 0 aromatic heterocycles. The maximum atomic E-state index is 11.7. The maximum Gasteiger partial charge on any atom is 0.319 e. The number of urea groups is 1. The molecule has 16 heavy (non-hydrogen) atoms. The summed E-state index contributed by atoms with van der Waals surface area (Å²) in [4.78, 5) is 11.7. The summed E-state index contributed by atoms with van der Waals surface area (Å²) in [6.07, 6.45) is 3.10. The first-order valence-electron chi connectivity index (χ1n) is 5.58. The lowest BCUT2D eigenvalue weighted by Crippen LogP contribution is -2.59. The molecule has 2 amide bonds. The van der Waals surface area contributed by atoms with Gasteiger partial charge in [-0.05, 0) is 31.4 Å². The molecule has 0 spiro atoms. The van der Waals surface area contributed by atoms with E-state index in [1.165, 1.54) is 0 Å². The molecule has 0 aliphatic heterocycles. The fourth-order valence-electron chi connectivity index (χ4n) is 1.91. The molecule has 1 aromatic rings. The molecule has 0 radical (unpaired) electrons. The summed E-state index contributed by atoms with van der Waals surface area (Å²) in [7, 11) is 0. The topological polar surface area (TPSA) is 67.1 Å². The zero-order valence-electron chi connectivity index (χ0n) is 9.20. The van der Waals surface area contributed by atoms with Gasteiger partial charge in [-0.2, -0.15) is 0 Å². The fourth-order valence-corrected chi connectivity index (χ4v) is 1.91. The second-order valence-corrected chi connectivity index (χ2v) is 4.28. The van der Waals surface area contributed by atoms with Gasteiger partial charge in [0.2, 0.25) is 0 Å². The summed E-state index contributed by atoms with van der Waals surface area (Å²) in [5.41, 5.74) is 6.30. The van der Waals surface area contributed by atoms with E-state index in [-0.39, 0.29) is 11.6 Å². The molecule has 4 nitrogen and oxygen atoms in total. The summed E-state index contributed by atoms with van der Waals surface area (Å²) in [6, 6.07) is 9.23. The van der Waals surface area contributed by atoms with Crippen LogP contribution in [-0.4, -0.2) is 18.1 Å². The average molecular weight is 219 g/mol. The molecule has 1 aliphatic carbocycles. The molecular formula is C12H17N3O. The lowest BCUT2D eigenvalue weighted by molar-refractivity contribution is 0.190. The van der Waals surface area contributed by atoms with Crippen LogP contribution in [0.25, 0.3) is 0 Å². The molecule has 0 bridgehead atoms. The average Bonchev–Trinajstić information content (AvgIpc) is 2.25. The third kappa shape index (κ3) is 2.33. The minimum atomic E-state index is -0.170. The molecule has 0 saturated heterocycles. The Labute approximate surface area is 95.2 Å². The highest BCUT2D eigenvalue weighted by Gasteiger charge is 2.36. The van der Waals surface area contributed by atoms with E-state index in [0.29, 0.717) is 6.54 Å². The first-order valence-corrected chi connectivity index (χ1v) is 5.58. The van der Waals surface area contributed by atoms with E-state index in [1.807, 2.05) is 30.3 Å². The maximum absolute atomic E-state index is 11.7. The lowest BCUT2D eigenvalue weighted by atomic mass is 9.77. The largest absolute Gasteiger partial charge is 0.331 e. The number of para-hydroxylation sites is 1. The number of carbonyl (C=O) groups is 1. The number of hydrogen-bond acceptors (Lipinski definition) is 2. The highest BCUT2D eigenvalue weighted by atomic mass is 16.2. The van der Waals surface area contributed by atoms with Crippen LogP contribution in [0.15, 0.2) is 30.3 Å². The van der Waals surface area contributed by atoms with Crippen molar-refractivity contribution in [1.29, 1.82) is 0 Å². The van der Waals surface area contributed by atoms with Crippen LogP contribution >= 0.6 is 0 Å². The molecule has 0 atom stereocenters. The van der Waals surface area contributed by atoms with E-state index in [9.17, 15) is 4.79 Å². The van der Waals surface area contributed by atoms with Crippen LogP contribution in [0, 0.1) is 0 Å². The van der Waals surface area contributed by atoms with Crippen molar-refractivity contribution in [1.82, 2.24) is 5.32 Å². The number of anilines is 1. The molecule has 2 rings (SSSR count). The predicted molar refractivity (Wildman–Crippen MR) is 64.2 cm³/mol. The standard InChI is InChI=1S/C12H17N3O/c13-9-12(7-4-8-12)15-11(16)14-10-5-2-1-3-6-10/h1-3,5-6H,4,7-9,13H2,(H2,14,15,16). The molecule has 1 fully saturated rings. The van der Waals surface area contributed by atoms with E-state index < -0.39 is 0 Å². The van der Waals surface area contributed by atoms with Crippen molar-refractivity contribution >= 4 is 11.7 Å². The fraction of sp³-hybridized carbons (Fsp3) is 0.417. The van der Waals surface area contributed by atoms with Crippen LogP contribution in [0.2, 0.25) is 0 Å². The van der Waals surface area contributed by atoms with Gasteiger partial charge >= 0.3 is 6.03 Å². The smallest absolute Gasteiger partial charge is 0.319 e. The Kier molecular flexibility index (Phi) is 3.10. The highest BCUT2D eigenvalue weighted by molar-refractivity contribution is 5.89. The Balaban J connectivity index is 1.89. The van der Waals surface area contributed by atoms with Crippen molar-refractivity contribution in [2.75, 3.05) is 11.9 Å². The summed E-state index contributed by atoms with van der Waals surface area (Å²) in [5.74, 6) is 0. The van der Waals surface area contributed by atoms with Crippen molar-refractivity contribution in [3.05, 3.63) is 30.3 Å². The van der Waals surface area contributed by atoms with E-state index in [0.717, 1.165) is 24.9 Å². The molecule has 0 unspecified atom stereocenters. The van der Waals surface area contributed by atoms with Gasteiger partial charge in [-0.15, -0.1) is 0 Å². The van der Waals surface area contributed by atoms with E-state index >= 15 is 0 Å². The Morgan fingerprint density at radius 1 is 1.31 bits per heavy atom. The van der Waals surface area contributed by atoms with E-state index in [1.54, 1.807) is 0 Å². The second kappa shape index (κ2) is 4.53. The first kappa shape index (κ1) is 11.0. The first-order chi connectivity index (χ1) is 7.74. The number of rotatable bonds is 3. The third-order valence-corrected chi connectivity index (χ3v) is 3.11. The van der Waals surface area contributed by atoms with Gasteiger partial charge in [0.05, 0.1) is 5.54 Å². The zero-order chi connectivity index (χ0) is 11.4. The van der Waals surface area contributed by atoms with Crippen LogP contribution in [0.5, 0.6) is 0 Å². The Hall–Kier alpha value is -1.55. The Bertz CT molecular complexity index is 354. The second-order valence-electron chi connectivity index (χ2n) is 4.28. The molecule has 86 valence electrons. The minimum absolute atomic E-state index is 0.168. The van der Waals surface area contributed by atoms with Crippen molar-refractivity contribution in [2.45, 2.75) is 24.8 Å². The van der Waals surface area contributed by atoms with Gasteiger partial charge in [-0.3, -0.25) is 0 Å². The number of benzene rings is 1. The van der Waals surface area contributed by atoms with Gasteiger partial charge in [0.15, 0.2) is 0 Å². The minimum Gasteiger partial charge on any atom is -0.331 e. The zero-order valence-corrected chi connectivity index (χ0v) is 9.20. The van der Waals surface area contributed by atoms with Crippen molar-refractivity contribution in [3.63, 3.8) is 0 Å². The predicted octanol–water partition coefficient (Wildman–Crippen LogP) is 1.69. The summed E-state index contributed by atoms with van der Waals surface area (Å²) >= 11 is 0. The van der Waals surface area contributed by atoms with Crippen LogP contribution in [-0.2, 0) is 0 Å². The van der Waals surface area contributed by atoms with Gasteiger partial charge in [0, 0.05) is 12.2 Å². The van der Waals surface area contributed by atoms with Crippen LogP contribution in [0.4, 0.5) is 10.5 Å². The Morgan fingerprint density at radius 3 is 2.50 bits per heavy atom. The molecule has 4 heteroatoms. The van der Waals surface area contributed by atoms with Crippen LogP contribution < -0.4 is 16.4 Å². The number of carbonyl (C=O) groups excluding carboxylic acids is 1. The monoisotopic (exact) mass is 219 g/mol. The van der Waals surface area contributed by atoms with Crippen LogP contribution in [0.3, 0.4) is 0 Å². The number of amides is 2. The van der Waals surface area contributed by atoms with Gasteiger partial charge in [-0.25, -0.2) is 4.79 Å². The number of nitrogens with one attached hydrogen (secondary N) is 2. The summed E-state index contributed by atoms with van der Waals surface area (Å²) < 4.78 is 0. The van der Waals surface area contributed by atoms with E-state index in [2.05, 4.69) is 10.6 Å². The van der Waals surface area contributed by atoms with Crippen molar-refractivity contribution in [2.24, 2.45) is 5.73 Å². The summed E-state index contributed by atoms with van der Waals surface area (Å²) in [5, 5.41) is 5.75. The Morgan fingerprint density at radius 2 is 2.00 bits per heavy atom. The third-order valence-electron chi connectivity index (χ3n) is 3.11. The number of nitrogens with two attached hydrogens (primary N) is 1. The molecular weight excluding hydrogens is 202 g/mol. The molecule has 1 saturated carbocycles. The van der Waals surface area contributed by atoms with Crippen molar-refractivity contribution < 1.29 is 4.79 Å². The van der Waals surface area contributed by atoms with E-state index in [4.69, 9.17) is 5.73 Å². The molecule has 1 aliphatic rings.